The minimum absolute atomic E-state index is 0.0543. The van der Waals surface area contributed by atoms with Crippen molar-refractivity contribution in [2.45, 2.75) is 26.2 Å². The van der Waals surface area contributed by atoms with Crippen LogP contribution in [0.2, 0.25) is 0 Å². The Labute approximate surface area is 411 Å². The number of nitrogens with zero attached hydrogens (tertiary/aromatic N) is 4. The lowest BCUT2D eigenvalue weighted by Crippen LogP contribution is -2.25. The van der Waals surface area contributed by atoms with Crippen LogP contribution in [0.5, 0.6) is 11.5 Å². The second-order valence-corrected chi connectivity index (χ2v) is 20.3. The summed E-state index contributed by atoms with van der Waals surface area (Å²) in [4.78, 5) is 10.00. The summed E-state index contributed by atoms with van der Waals surface area (Å²) in [5.41, 5.74) is 14.8. The van der Waals surface area contributed by atoms with Gasteiger partial charge in [0.05, 0.1) is 32.8 Å². The van der Waals surface area contributed by atoms with Crippen LogP contribution in [0, 0.1) is 0 Å². The van der Waals surface area contributed by atoms with Crippen molar-refractivity contribution in [1.82, 2.24) is 9.55 Å². The van der Waals surface area contributed by atoms with Crippen LogP contribution in [0.1, 0.15) is 26.3 Å². The van der Waals surface area contributed by atoms with Gasteiger partial charge in [0.2, 0.25) is 0 Å². The number of thiophene rings is 1. The standard InChI is InChI=1S/C64H48N4OS/c1-64(2,3)47-34-35-65-59(38-47)68-57-40-49(31-32-54(57)63-62(68)60-51-25-14-13-24-45(51)30-33-58(60)70-63)69-50-37-46(42-18-7-4-8-19-42)36-48(39-50)66-41-67(56-29-16-15-28-55(56)66)61-52(43-20-9-5-10-21-43)26-17-27-53(61)44-22-11-6-12-23-44/h4-40H,41H2,1-3H3. The lowest BCUT2D eigenvalue weighted by Gasteiger charge is -2.27. The van der Waals surface area contributed by atoms with Crippen molar-refractivity contribution in [1.29, 1.82) is 0 Å². The molecule has 4 heterocycles. The second kappa shape index (κ2) is 16.7. The highest BCUT2D eigenvalue weighted by Gasteiger charge is 2.32. The lowest BCUT2D eigenvalue weighted by atomic mass is 9.88. The molecule has 12 aromatic rings. The van der Waals surface area contributed by atoms with Crippen molar-refractivity contribution in [3.63, 3.8) is 0 Å². The van der Waals surface area contributed by atoms with Gasteiger partial charge in [0.25, 0.3) is 0 Å². The van der Waals surface area contributed by atoms with E-state index in [0.717, 1.165) is 51.0 Å². The SMILES string of the molecule is CC(C)(C)c1ccnc(-n2c3cc(Oc4cc(-c5ccccc5)cc(N5CN(c6c(-c7ccccc7)cccc6-c6ccccc6)c6ccccc65)c4)ccc3c3sc4ccc5ccccc5c4c32)c1. The predicted molar refractivity (Wildman–Crippen MR) is 295 cm³/mol. The van der Waals surface area contributed by atoms with E-state index >= 15 is 0 Å². The van der Waals surface area contributed by atoms with Gasteiger partial charge in [0.15, 0.2) is 0 Å². The largest absolute Gasteiger partial charge is 0.457 e. The van der Waals surface area contributed by atoms with Gasteiger partial charge < -0.3 is 14.5 Å². The molecule has 6 heteroatoms. The Kier molecular flexibility index (Phi) is 9.92. The Hall–Kier alpha value is -8.45. The summed E-state index contributed by atoms with van der Waals surface area (Å²) in [5, 5.41) is 4.89. The molecule has 0 atom stereocenters. The monoisotopic (exact) mass is 920 g/mol. The number of ether oxygens (including phenoxy) is 1. The van der Waals surface area contributed by atoms with Crippen LogP contribution in [0.15, 0.2) is 225 Å². The van der Waals surface area contributed by atoms with Crippen LogP contribution in [0.3, 0.4) is 0 Å². The average molecular weight is 921 g/mol. The molecule has 0 unspecified atom stereocenters. The van der Waals surface area contributed by atoms with Gasteiger partial charge in [-0.25, -0.2) is 4.98 Å². The summed E-state index contributed by atoms with van der Waals surface area (Å²) in [6, 6.07) is 78.5. The zero-order chi connectivity index (χ0) is 46.9. The first-order chi connectivity index (χ1) is 34.3. The molecule has 5 nitrogen and oxygen atoms in total. The molecular weight excluding hydrogens is 873 g/mol. The summed E-state index contributed by atoms with van der Waals surface area (Å²) < 4.78 is 12.0. The van der Waals surface area contributed by atoms with Gasteiger partial charge in [-0.1, -0.05) is 172 Å². The van der Waals surface area contributed by atoms with Crippen molar-refractivity contribution >= 4 is 76.1 Å². The molecule has 0 amide bonds. The third kappa shape index (κ3) is 7.10. The first-order valence-electron chi connectivity index (χ1n) is 24.0. The van der Waals surface area contributed by atoms with Crippen molar-refractivity contribution in [2.24, 2.45) is 0 Å². The normalized spacial score (nSPS) is 12.7. The number of para-hydroxylation sites is 3. The van der Waals surface area contributed by atoms with Crippen LogP contribution in [-0.2, 0) is 5.41 Å². The summed E-state index contributed by atoms with van der Waals surface area (Å²) >= 11 is 1.85. The van der Waals surface area contributed by atoms with Gasteiger partial charge in [0.1, 0.15) is 24.0 Å². The Morgan fingerprint density at radius 1 is 0.514 bits per heavy atom. The van der Waals surface area contributed by atoms with Gasteiger partial charge in [-0.3, -0.25) is 4.57 Å². The number of anilines is 4. The van der Waals surface area contributed by atoms with Crippen molar-refractivity contribution < 1.29 is 4.74 Å². The Morgan fingerprint density at radius 2 is 1.17 bits per heavy atom. The van der Waals surface area contributed by atoms with Crippen molar-refractivity contribution in [3.05, 3.63) is 230 Å². The number of fused-ring (bicyclic) bond motifs is 8. The fraction of sp³-hybridized carbons (Fsp3) is 0.0781. The van der Waals surface area contributed by atoms with Gasteiger partial charge >= 0.3 is 0 Å². The average Bonchev–Trinajstić information content (AvgIpc) is 4.08. The quantitative estimate of drug-likeness (QED) is 0.152. The molecule has 13 rings (SSSR count). The molecular formula is C64H48N4OS. The minimum Gasteiger partial charge on any atom is -0.457 e. The molecule has 0 saturated carbocycles. The van der Waals surface area contributed by atoms with Crippen LogP contribution < -0.4 is 14.5 Å². The molecule has 70 heavy (non-hydrogen) atoms. The van der Waals surface area contributed by atoms with Crippen LogP contribution in [0.25, 0.3) is 81.2 Å². The fourth-order valence-corrected chi connectivity index (χ4v) is 11.7. The minimum atomic E-state index is -0.0543. The first kappa shape index (κ1) is 41.7. The third-order valence-electron chi connectivity index (χ3n) is 13.8. The molecule has 0 N–H and O–H groups in total. The number of rotatable bonds is 8. The number of aromatic nitrogens is 2. The smallest absolute Gasteiger partial charge is 0.137 e. The third-order valence-corrected chi connectivity index (χ3v) is 15.0. The summed E-state index contributed by atoms with van der Waals surface area (Å²) in [5.74, 6) is 2.40. The molecule has 336 valence electrons. The highest BCUT2D eigenvalue weighted by molar-refractivity contribution is 7.27. The molecule has 0 aliphatic carbocycles. The van der Waals surface area contributed by atoms with Gasteiger partial charge in [-0.15, -0.1) is 11.3 Å². The van der Waals surface area contributed by atoms with Crippen molar-refractivity contribution in [2.75, 3.05) is 16.5 Å². The zero-order valence-corrected chi connectivity index (χ0v) is 40.0. The van der Waals surface area contributed by atoms with E-state index in [2.05, 4.69) is 254 Å². The van der Waals surface area contributed by atoms with Crippen molar-refractivity contribution in [3.8, 4) is 50.7 Å². The molecule has 1 aliphatic rings. The lowest BCUT2D eigenvalue weighted by molar-refractivity contribution is 0.483. The highest BCUT2D eigenvalue weighted by atomic mass is 32.1. The zero-order valence-electron chi connectivity index (χ0n) is 39.2. The van der Waals surface area contributed by atoms with E-state index < -0.39 is 0 Å². The molecule has 0 fully saturated rings. The van der Waals surface area contributed by atoms with E-state index in [1.807, 2.05) is 17.5 Å². The molecule has 0 radical (unpaired) electrons. The van der Waals surface area contributed by atoms with Gasteiger partial charge in [-0.2, -0.15) is 0 Å². The summed E-state index contributed by atoms with van der Waals surface area (Å²) in [6.07, 6.45) is 1.96. The van der Waals surface area contributed by atoms with E-state index in [4.69, 9.17) is 9.72 Å². The van der Waals surface area contributed by atoms with Crippen LogP contribution >= 0.6 is 11.3 Å². The number of pyridine rings is 1. The molecule has 0 bridgehead atoms. The van der Waals surface area contributed by atoms with E-state index in [0.29, 0.717) is 6.67 Å². The molecule has 3 aromatic heterocycles. The van der Waals surface area contributed by atoms with E-state index in [-0.39, 0.29) is 5.41 Å². The van der Waals surface area contributed by atoms with Crippen LogP contribution in [-0.4, -0.2) is 16.2 Å². The number of hydrogen-bond donors (Lipinski definition) is 0. The first-order valence-corrected chi connectivity index (χ1v) is 24.8. The summed E-state index contributed by atoms with van der Waals surface area (Å²) in [6.45, 7) is 7.38. The Balaban J connectivity index is 0.967. The Bertz CT molecular complexity index is 3890. The molecule has 1 aliphatic heterocycles. The van der Waals surface area contributed by atoms with Crippen LogP contribution in [0.4, 0.5) is 22.7 Å². The summed E-state index contributed by atoms with van der Waals surface area (Å²) in [7, 11) is 0. The maximum atomic E-state index is 7.13. The number of benzene rings is 9. The highest BCUT2D eigenvalue weighted by Crippen LogP contribution is 2.51. The fourth-order valence-electron chi connectivity index (χ4n) is 10.5. The van der Waals surface area contributed by atoms with Gasteiger partial charge in [-0.05, 0) is 98.6 Å². The predicted octanol–water partition coefficient (Wildman–Crippen LogP) is 17.9. The molecule has 0 spiro atoms. The van der Waals surface area contributed by atoms with E-state index in [1.165, 1.54) is 70.0 Å². The molecule has 0 saturated heterocycles. The second-order valence-electron chi connectivity index (χ2n) is 19.2. The number of hydrogen-bond acceptors (Lipinski definition) is 5. The molecule has 9 aromatic carbocycles. The van der Waals surface area contributed by atoms with Gasteiger partial charge in [0, 0.05) is 50.6 Å². The topological polar surface area (TPSA) is 33.5 Å². The maximum Gasteiger partial charge on any atom is 0.137 e. The van der Waals surface area contributed by atoms with E-state index in [9.17, 15) is 0 Å². The van der Waals surface area contributed by atoms with E-state index in [1.54, 1.807) is 0 Å². The maximum absolute atomic E-state index is 7.13. The Morgan fingerprint density at radius 3 is 1.89 bits per heavy atom.